The molecular formula is C13H11NO2. The van der Waals surface area contributed by atoms with Gasteiger partial charge in [0.15, 0.2) is 0 Å². The summed E-state index contributed by atoms with van der Waals surface area (Å²) in [4.78, 5) is 14.7. The average Bonchev–Trinajstić information content (AvgIpc) is 2.28. The van der Waals surface area contributed by atoms with E-state index >= 15 is 0 Å². The van der Waals surface area contributed by atoms with Crippen molar-refractivity contribution in [3.63, 3.8) is 0 Å². The van der Waals surface area contributed by atoms with Crippen LogP contribution < -0.4 is 0 Å². The normalized spacial score (nSPS) is 11.1. The number of nitrogens with zero attached hydrogens (tertiary/aromatic N) is 1. The summed E-state index contributed by atoms with van der Waals surface area (Å²) in [5.74, 6) is -0.939. The quantitative estimate of drug-likeness (QED) is 0.780. The van der Waals surface area contributed by atoms with Crippen LogP contribution in [0.1, 0.15) is 11.1 Å². The van der Waals surface area contributed by atoms with E-state index in [4.69, 9.17) is 5.11 Å². The molecule has 1 aromatic heterocycles. The maximum atomic E-state index is 10.4. The molecule has 0 bridgehead atoms. The maximum absolute atomic E-state index is 10.4. The van der Waals surface area contributed by atoms with Crippen molar-refractivity contribution >= 4 is 22.9 Å². The minimum atomic E-state index is -0.939. The van der Waals surface area contributed by atoms with E-state index in [2.05, 4.69) is 4.98 Å². The second-order valence-electron chi connectivity index (χ2n) is 3.52. The summed E-state index contributed by atoms with van der Waals surface area (Å²) in [7, 11) is 0. The Hall–Kier alpha value is -2.16. The molecule has 0 aliphatic rings. The summed E-state index contributed by atoms with van der Waals surface area (Å²) in [5, 5.41) is 9.63. The van der Waals surface area contributed by atoms with Crippen LogP contribution in [-0.2, 0) is 4.79 Å². The van der Waals surface area contributed by atoms with Gasteiger partial charge >= 0.3 is 5.97 Å². The summed E-state index contributed by atoms with van der Waals surface area (Å²) >= 11 is 0. The fourth-order valence-electron chi connectivity index (χ4n) is 1.66. The zero-order valence-electron chi connectivity index (χ0n) is 8.84. The number of pyridine rings is 1. The van der Waals surface area contributed by atoms with Crippen LogP contribution >= 0.6 is 0 Å². The Kier molecular flexibility index (Phi) is 2.68. The van der Waals surface area contributed by atoms with Crippen molar-refractivity contribution in [2.45, 2.75) is 6.92 Å². The molecule has 1 aromatic carbocycles. The lowest BCUT2D eigenvalue weighted by molar-refractivity contribution is -0.131. The van der Waals surface area contributed by atoms with E-state index in [1.165, 1.54) is 0 Å². The van der Waals surface area contributed by atoms with Crippen molar-refractivity contribution in [1.82, 2.24) is 4.98 Å². The molecule has 0 aliphatic carbocycles. The van der Waals surface area contributed by atoms with Gasteiger partial charge in [-0.05, 0) is 36.3 Å². The highest BCUT2D eigenvalue weighted by atomic mass is 16.4. The number of aromatic nitrogens is 1. The van der Waals surface area contributed by atoms with Crippen LogP contribution in [0.25, 0.3) is 17.0 Å². The van der Waals surface area contributed by atoms with Gasteiger partial charge in [0.25, 0.3) is 0 Å². The first-order valence-corrected chi connectivity index (χ1v) is 4.94. The number of hydrogen-bond acceptors (Lipinski definition) is 2. The van der Waals surface area contributed by atoms with E-state index in [1.807, 2.05) is 31.2 Å². The number of fused-ring (bicyclic) bond motifs is 1. The Morgan fingerprint density at radius 3 is 2.94 bits per heavy atom. The number of hydrogen-bond donors (Lipinski definition) is 1. The molecule has 0 saturated heterocycles. The Morgan fingerprint density at radius 1 is 1.38 bits per heavy atom. The topological polar surface area (TPSA) is 50.2 Å². The minimum Gasteiger partial charge on any atom is -0.478 e. The molecule has 0 atom stereocenters. The molecule has 0 amide bonds. The van der Waals surface area contributed by atoms with Crippen molar-refractivity contribution in [2.24, 2.45) is 0 Å². The third-order valence-electron chi connectivity index (χ3n) is 2.50. The average molecular weight is 213 g/mol. The summed E-state index contributed by atoms with van der Waals surface area (Å²) in [5.41, 5.74) is 2.87. The van der Waals surface area contributed by atoms with Crippen LogP contribution in [0.5, 0.6) is 0 Å². The summed E-state index contributed by atoms with van der Waals surface area (Å²) in [6, 6.07) is 7.63. The minimum absolute atomic E-state index is 0.905. The third kappa shape index (κ3) is 1.93. The van der Waals surface area contributed by atoms with E-state index in [0.29, 0.717) is 0 Å². The number of rotatable bonds is 2. The van der Waals surface area contributed by atoms with Gasteiger partial charge in [-0.3, -0.25) is 4.98 Å². The molecule has 2 aromatic rings. The molecule has 1 N–H and O–H groups in total. The number of carboxylic acid groups (broad SMARTS) is 1. The van der Waals surface area contributed by atoms with Gasteiger partial charge in [-0.25, -0.2) is 4.79 Å². The number of benzene rings is 1. The lowest BCUT2D eigenvalue weighted by atomic mass is 10.0. The standard InChI is InChI=1S/C13H11NO2/c1-9-10(5-7-13(15)16)4-6-12-11(9)3-2-8-14-12/h2-8H,1H3,(H,15,16)/b7-5+. The van der Waals surface area contributed by atoms with Crippen molar-refractivity contribution in [3.8, 4) is 0 Å². The van der Waals surface area contributed by atoms with Crippen LogP contribution in [0.4, 0.5) is 0 Å². The van der Waals surface area contributed by atoms with Crippen molar-refractivity contribution in [2.75, 3.05) is 0 Å². The molecule has 0 spiro atoms. The van der Waals surface area contributed by atoms with Crippen LogP contribution in [-0.4, -0.2) is 16.1 Å². The fourth-order valence-corrected chi connectivity index (χ4v) is 1.66. The second kappa shape index (κ2) is 4.14. The molecule has 0 fully saturated rings. The zero-order valence-corrected chi connectivity index (χ0v) is 8.84. The van der Waals surface area contributed by atoms with Crippen LogP contribution in [0.3, 0.4) is 0 Å². The summed E-state index contributed by atoms with van der Waals surface area (Å²) in [6.45, 7) is 1.96. The van der Waals surface area contributed by atoms with Gasteiger partial charge in [0.1, 0.15) is 0 Å². The third-order valence-corrected chi connectivity index (χ3v) is 2.50. The van der Waals surface area contributed by atoms with Gasteiger partial charge in [0.05, 0.1) is 5.52 Å². The molecule has 16 heavy (non-hydrogen) atoms. The molecule has 0 unspecified atom stereocenters. The molecule has 2 rings (SSSR count). The van der Waals surface area contributed by atoms with Gasteiger partial charge < -0.3 is 5.11 Å². The van der Waals surface area contributed by atoms with E-state index in [0.717, 1.165) is 28.1 Å². The zero-order chi connectivity index (χ0) is 11.5. The van der Waals surface area contributed by atoms with E-state index in [9.17, 15) is 4.79 Å². The Labute approximate surface area is 93.1 Å². The molecule has 0 saturated carbocycles. The molecule has 3 heteroatoms. The van der Waals surface area contributed by atoms with Crippen LogP contribution in [0.15, 0.2) is 36.5 Å². The highest BCUT2D eigenvalue weighted by Crippen LogP contribution is 2.20. The number of carbonyl (C=O) groups is 1. The van der Waals surface area contributed by atoms with Crippen LogP contribution in [0, 0.1) is 6.92 Å². The summed E-state index contributed by atoms with van der Waals surface area (Å²) < 4.78 is 0. The van der Waals surface area contributed by atoms with E-state index in [-0.39, 0.29) is 0 Å². The maximum Gasteiger partial charge on any atom is 0.328 e. The van der Waals surface area contributed by atoms with Crippen LogP contribution in [0.2, 0.25) is 0 Å². The lowest BCUT2D eigenvalue weighted by Gasteiger charge is -2.04. The van der Waals surface area contributed by atoms with Crippen molar-refractivity contribution in [1.29, 1.82) is 0 Å². The van der Waals surface area contributed by atoms with Gasteiger partial charge in [-0.2, -0.15) is 0 Å². The monoisotopic (exact) mass is 213 g/mol. The first-order chi connectivity index (χ1) is 7.68. The SMILES string of the molecule is Cc1c(/C=C/C(=O)O)ccc2ncccc12. The predicted molar refractivity (Wildman–Crippen MR) is 63.1 cm³/mol. The number of carboxylic acids is 1. The molecular weight excluding hydrogens is 202 g/mol. The van der Waals surface area contributed by atoms with E-state index in [1.54, 1.807) is 12.3 Å². The summed E-state index contributed by atoms with van der Waals surface area (Å²) in [6.07, 6.45) is 4.49. The van der Waals surface area contributed by atoms with Crippen molar-refractivity contribution in [3.05, 3.63) is 47.7 Å². The lowest BCUT2D eigenvalue weighted by Crippen LogP contribution is -1.89. The molecule has 80 valence electrons. The second-order valence-corrected chi connectivity index (χ2v) is 3.52. The number of aliphatic carboxylic acids is 1. The Morgan fingerprint density at radius 2 is 2.19 bits per heavy atom. The van der Waals surface area contributed by atoms with E-state index < -0.39 is 5.97 Å². The van der Waals surface area contributed by atoms with Crippen molar-refractivity contribution < 1.29 is 9.90 Å². The van der Waals surface area contributed by atoms with Gasteiger partial charge in [0, 0.05) is 17.7 Å². The molecule has 0 radical (unpaired) electrons. The molecule has 0 aliphatic heterocycles. The fraction of sp³-hybridized carbons (Fsp3) is 0.0769. The highest BCUT2D eigenvalue weighted by Gasteiger charge is 2.01. The number of aryl methyl sites for hydroxylation is 1. The Balaban J connectivity index is 2.56. The smallest absolute Gasteiger partial charge is 0.328 e. The first-order valence-electron chi connectivity index (χ1n) is 4.94. The van der Waals surface area contributed by atoms with Gasteiger partial charge in [-0.1, -0.05) is 12.1 Å². The predicted octanol–water partition coefficient (Wildman–Crippen LogP) is 2.64. The Bertz CT molecular complexity index is 573. The highest BCUT2D eigenvalue weighted by molar-refractivity contribution is 5.89. The molecule has 1 heterocycles. The largest absolute Gasteiger partial charge is 0.478 e. The first kappa shape index (κ1) is 10.4. The molecule has 3 nitrogen and oxygen atoms in total. The van der Waals surface area contributed by atoms with Gasteiger partial charge in [-0.15, -0.1) is 0 Å². The van der Waals surface area contributed by atoms with Gasteiger partial charge in [0.2, 0.25) is 0 Å².